The van der Waals surface area contributed by atoms with Crippen LogP contribution in [0.1, 0.15) is 21.5 Å². The monoisotopic (exact) mass is 432 g/mol. The maximum absolute atomic E-state index is 12.9. The Morgan fingerprint density at radius 1 is 1.00 bits per heavy atom. The number of aryl methyl sites for hydroxylation is 1. The fraction of sp³-hybridized carbons (Fsp3) is 0.240. The molecule has 0 bridgehead atoms. The van der Waals surface area contributed by atoms with E-state index in [1.54, 1.807) is 31.6 Å². The third-order valence-corrected chi connectivity index (χ3v) is 4.93. The fourth-order valence-electron chi connectivity index (χ4n) is 3.22. The van der Waals surface area contributed by atoms with Gasteiger partial charge < -0.3 is 20.7 Å². The van der Waals surface area contributed by atoms with Crippen LogP contribution in [0, 0.1) is 6.92 Å². The first-order chi connectivity index (χ1) is 15.5. The van der Waals surface area contributed by atoms with Crippen LogP contribution in [0.5, 0.6) is 5.75 Å². The molecule has 0 fully saturated rings. The summed E-state index contributed by atoms with van der Waals surface area (Å²) in [7, 11) is 1.62. The highest BCUT2D eigenvalue weighted by Crippen LogP contribution is 2.14. The van der Waals surface area contributed by atoms with Crippen LogP contribution in [0.3, 0.4) is 0 Å². The number of amides is 2. The summed E-state index contributed by atoms with van der Waals surface area (Å²) in [4.78, 5) is 29.6. The summed E-state index contributed by atoms with van der Waals surface area (Å²) in [6.07, 6.45) is 3.72. The minimum atomic E-state index is -0.702. The van der Waals surface area contributed by atoms with E-state index in [-0.39, 0.29) is 11.8 Å². The van der Waals surface area contributed by atoms with E-state index in [4.69, 9.17) is 4.74 Å². The van der Waals surface area contributed by atoms with Gasteiger partial charge >= 0.3 is 0 Å². The number of aromatic nitrogens is 1. The summed E-state index contributed by atoms with van der Waals surface area (Å²) in [6, 6.07) is 17.8. The van der Waals surface area contributed by atoms with Gasteiger partial charge in [0.25, 0.3) is 5.91 Å². The highest BCUT2D eigenvalue weighted by Gasteiger charge is 2.21. The number of carbonyl (C=O) groups is 2. The third-order valence-electron chi connectivity index (χ3n) is 4.93. The van der Waals surface area contributed by atoms with Crippen molar-refractivity contribution in [1.82, 2.24) is 15.6 Å². The molecule has 0 saturated heterocycles. The number of pyridine rings is 1. The number of ether oxygens (including phenoxy) is 1. The number of carbonyl (C=O) groups excluding carboxylic acids is 2. The maximum Gasteiger partial charge on any atom is 0.251 e. The molecule has 166 valence electrons. The number of rotatable bonds is 10. The van der Waals surface area contributed by atoms with Crippen LogP contribution in [0.25, 0.3) is 0 Å². The first-order valence-corrected chi connectivity index (χ1v) is 10.5. The number of nitrogens with one attached hydrogen (secondary N) is 3. The molecule has 3 aromatic rings. The van der Waals surface area contributed by atoms with Crippen molar-refractivity contribution in [2.45, 2.75) is 19.4 Å². The SMILES string of the molecule is COc1ccc(NCCNC(=O)[C@H](Cc2ccncc2)NC(=O)c2cccc(C)c2)cc1. The summed E-state index contributed by atoms with van der Waals surface area (Å²) >= 11 is 0. The highest BCUT2D eigenvalue weighted by atomic mass is 16.5. The van der Waals surface area contributed by atoms with Crippen molar-refractivity contribution in [3.05, 3.63) is 89.7 Å². The zero-order valence-corrected chi connectivity index (χ0v) is 18.3. The van der Waals surface area contributed by atoms with Crippen LogP contribution in [0.4, 0.5) is 5.69 Å². The Kier molecular flexibility index (Phi) is 8.20. The number of hydrogen-bond donors (Lipinski definition) is 3. The van der Waals surface area contributed by atoms with Crippen LogP contribution in [-0.4, -0.2) is 43.0 Å². The molecule has 0 aliphatic heterocycles. The second kappa shape index (κ2) is 11.5. The number of methoxy groups -OCH3 is 1. The summed E-state index contributed by atoms with van der Waals surface area (Å²) in [6.45, 7) is 2.89. The number of anilines is 1. The molecule has 1 aromatic heterocycles. The molecule has 1 heterocycles. The quantitative estimate of drug-likeness (QED) is 0.429. The standard InChI is InChI=1S/C25H28N4O3/c1-18-4-3-5-20(16-18)24(30)29-23(17-19-10-12-26-13-11-19)25(31)28-15-14-27-21-6-8-22(32-2)9-7-21/h3-13,16,23,27H,14-15,17H2,1-2H3,(H,28,31)(H,29,30)/t23-/m0/s1. The lowest BCUT2D eigenvalue weighted by Gasteiger charge is -2.19. The minimum absolute atomic E-state index is 0.237. The maximum atomic E-state index is 12.9. The van der Waals surface area contributed by atoms with Crippen LogP contribution in [0.2, 0.25) is 0 Å². The summed E-state index contributed by atoms with van der Waals surface area (Å²) in [5, 5.41) is 9.03. The van der Waals surface area contributed by atoms with Gasteiger partial charge in [0.1, 0.15) is 11.8 Å². The van der Waals surface area contributed by atoms with Gasteiger partial charge in [-0.15, -0.1) is 0 Å². The van der Waals surface area contributed by atoms with Crippen LogP contribution >= 0.6 is 0 Å². The van der Waals surface area contributed by atoms with Crippen molar-refractivity contribution in [3.63, 3.8) is 0 Å². The highest BCUT2D eigenvalue weighted by molar-refractivity contribution is 5.97. The van der Waals surface area contributed by atoms with Gasteiger partial charge in [-0.1, -0.05) is 17.7 Å². The average Bonchev–Trinajstić information content (AvgIpc) is 2.82. The molecular weight excluding hydrogens is 404 g/mol. The normalized spacial score (nSPS) is 11.3. The predicted molar refractivity (Wildman–Crippen MR) is 125 cm³/mol. The number of nitrogens with zero attached hydrogens (tertiary/aromatic N) is 1. The molecule has 0 radical (unpaired) electrons. The van der Waals surface area contributed by atoms with Crippen molar-refractivity contribution in [2.75, 3.05) is 25.5 Å². The molecule has 0 unspecified atom stereocenters. The second-order valence-electron chi connectivity index (χ2n) is 7.40. The van der Waals surface area contributed by atoms with Crippen LogP contribution in [0.15, 0.2) is 73.1 Å². The first kappa shape index (κ1) is 22.8. The topological polar surface area (TPSA) is 92.3 Å². The lowest BCUT2D eigenvalue weighted by molar-refractivity contribution is -0.122. The molecule has 0 aliphatic rings. The molecule has 7 nitrogen and oxygen atoms in total. The molecule has 3 N–H and O–H groups in total. The van der Waals surface area contributed by atoms with E-state index in [1.165, 1.54) is 0 Å². The minimum Gasteiger partial charge on any atom is -0.497 e. The van der Waals surface area contributed by atoms with E-state index in [2.05, 4.69) is 20.9 Å². The van der Waals surface area contributed by atoms with Gasteiger partial charge in [0, 0.05) is 43.2 Å². The predicted octanol–water partition coefficient (Wildman–Crippen LogP) is 2.97. The van der Waals surface area contributed by atoms with Gasteiger partial charge in [0.2, 0.25) is 5.91 Å². The molecule has 7 heteroatoms. The second-order valence-corrected chi connectivity index (χ2v) is 7.40. The van der Waals surface area contributed by atoms with Gasteiger partial charge in [-0.05, 0) is 61.0 Å². The molecule has 32 heavy (non-hydrogen) atoms. The van der Waals surface area contributed by atoms with Gasteiger partial charge in [0.15, 0.2) is 0 Å². The van der Waals surface area contributed by atoms with E-state index in [1.807, 2.05) is 55.5 Å². The smallest absolute Gasteiger partial charge is 0.251 e. The molecule has 2 aromatic carbocycles. The van der Waals surface area contributed by atoms with E-state index in [0.717, 1.165) is 22.6 Å². The molecule has 3 rings (SSSR count). The van der Waals surface area contributed by atoms with Crippen LogP contribution in [-0.2, 0) is 11.2 Å². The summed E-state index contributed by atoms with van der Waals surface area (Å²) in [5.41, 5.74) is 3.36. The molecule has 1 atom stereocenters. The zero-order chi connectivity index (χ0) is 22.8. The van der Waals surface area contributed by atoms with Crippen molar-refractivity contribution in [2.24, 2.45) is 0 Å². The van der Waals surface area contributed by atoms with Gasteiger partial charge in [0.05, 0.1) is 7.11 Å². The summed E-state index contributed by atoms with van der Waals surface area (Å²) in [5.74, 6) is 0.269. The Balaban J connectivity index is 1.58. The molecule has 0 saturated carbocycles. The van der Waals surface area contributed by atoms with Gasteiger partial charge in [-0.25, -0.2) is 0 Å². The van der Waals surface area contributed by atoms with Crippen molar-refractivity contribution < 1.29 is 14.3 Å². The van der Waals surface area contributed by atoms with E-state index >= 15 is 0 Å². The van der Waals surface area contributed by atoms with E-state index in [9.17, 15) is 9.59 Å². The Bertz CT molecular complexity index is 1020. The van der Waals surface area contributed by atoms with E-state index < -0.39 is 6.04 Å². The Morgan fingerprint density at radius 3 is 2.44 bits per heavy atom. The molecule has 0 spiro atoms. The van der Waals surface area contributed by atoms with Crippen molar-refractivity contribution >= 4 is 17.5 Å². The number of hydrogen-bond acceptors (Lipinski definition) is 5. The van der Waals surface area contributed by atoms with Gasteiger partial charge in [-0.2, -0.15) is 0 Å². The fourth-order valence-corrected chi connectivity index (χ4v) is 3.22. The number of benzene rings is 2. The first-order valence-electron chi connectivity index (χ1n) is 10.5. The van der Waals surface area contributed by atoms with E-state index in [0.29, 0.717) is 25.1 Å². The zero-order valence-electron chi connectivity index (χ0n) is 18.3. The largest absolute Gasteiger partial charge is 0.497 e. The third kappa shape index (κ3) is 6.84. The molecule has 0 aliphatic carbocycles. The molecular formula is C25H28N4O3. The summed E-state index contributed by atoms with van der Waals surface area (Å²) < 4.78 is 5.15. The lowest BCUT2D eigenvalue weighted by atomic mass is 10.1. The van der Waals surface area contributed by atoms with Crippen LogP contribution < -0.4 is 20.7 Å². The van der Waals surface area contributed by atoms with Crippen molar-refractivity contribution in [3.8, 4) is 5.75 Å². The molecule has 2 amide bonds. The lowest BCUT2D eigenvalue weighted by Crippen LogP contribution is -2.48. The van der Waals surface area contributed by atoms with Crippen molar-refractivity contribution in [1.29, 1.82) is 0 Å². The Hall–Kier alpha value is -3.87. The Labute approximate surface area is 188 Å². The average molecular weight is 433 g/mol. The Morgan fingerprint density at radius 2 is 1.75 bits per heavy atom. The van der Waals surface area contributed by atoms with Gasteiger partial charge in [-0.3, -0.25) is 14.6 Å².